The Morgan fingerprint density at radius 3 is 1.85 bits per heavy atom. The first-order valence-electron chi connectivity index (χ1n) is 19.6. The number of carboxylic acids is 1. The molecular formula is C41H48Br2N14O4. The van der Waals surface area contributed by atoms with Crippen LogP contribution < -0.4 is 32.3 Å². The summed E-state index contributed by atoms with van der Waals surface area (Å²) in [5.41, 5.74) is 20.0. The molecule has 2 aliphatic rings. The first-order valence-corrected chi connectivity index (χ1v) is 21.2. The van der Waals surface area contributed by atoms with Gasteiger partial charge < -0.3 is 57.1 Å². The lowest BCUT2D eigenvalue weighted by molar-refractivity contribution is -0.145. The Hall–Kier alpha value is -5.99. The van der Waals surface area contributed by atoms with E-state index in [0.29, 0.717) is 24.5 Å². The van der Waals surface area contributed by atoms with Crippen LogP contribution >= 0.6 is 31.9 Å². The lowest BCUT2D eigenvalue weighted by Gasteiger charge is -2.40. The van der Waals surface area contributed by atoms with Crippen LogP contribution in [0.15, 0.2) is 82.5 Å². The molecule has 0 unspecified atom stereocenters. The van der Waals surface area contributed by atoms with Crippen LogP contribution in [-0.2, 0) is 15.1 Å². The van der Waals surface area contributed by atoms with Gasteiger partial charge in [0.2, 0.25) is 0 Å². The van der Waals surface area contributed by atoms with Crippen molar-refractivity contribution in [2.75, 3.05) is 47.4 Å². The highest BCUT2D eigenvalue weighted by Gasteiger charge is 2.44. The fourth-order valence-electron chi connectivity index (χ4n) is 7.35. The molecule has 2 fully saturated rings. The predicted molar refractivity (Wildman–Crippen MR) is 243 cm³/mol. The van der Waals surface area contributed by atoms with Crippen LogP contribution in [0.5, 0.6) is 0 Å². The second-order valence-corrected chi connectivity index (χ2v) is 17.7. The number of carboxylic acid groups (broad SMARTS) is 1. The summed E-state index contributed by atoms with van der Waals surface area (Å²) in [5, 5.41) is 14.2. The van der Waals surface area contributed by atoms with Gasteiger partial charge >= 0.3 is 12.1 Å². The van der Waals surface area contributed by atoms with Gasteiger partial charge in [0, 0.05) is 47.5 Å². The lowest BCUT2D eigenvalue weighted by Crippen LogP contribution is -2.60. The minimum atomic E-state index is -1.34. The number of hydrogen-bond acceptors (Lipinski definition) is 13. The summed E-state index contributed by atoms with van der Waals surface area (Å²) < 4.78 is 7.05. The molecule has 0 saturated carbocycles. The highest BCUT2D eigenvalue weighted by atomic mass is 79.9. The predicted octanol–water partition coefficient (Wildman–Crippen LogP) is 6.57. The summed E-state index contributed by atoms with van der Waals surface area (Å²) in [6.45, 7) is 7.75. The number of alkyl carbamates (subject to hydrolysis) is 1. The maximum atomic E-state index is 12.1. The van der Waals surface area contributed by atoms with Crippen LogP contribution in [0.3, 0.4) is 0 Å². The van der Waals surface area contributed by atoms with Crippen LogP contribution in [0.1, 0.15) is 52.3 Å². The zero-order valence-electron chi connectivity index (χ0n) is 33.9. The number of carbonyl (C=O) groups is 2. The minimum Gasteiger partial charge on any atom is -0.480 e. The Morgan fingerprint density at radius 1 is 0.803 bits per heavy atom. The number of nitrogens with zero attached hydrogens (tertiary/aromatic N) is 7. The van der Waals surface area contributed by atoms with Crippen molar-refractivity contribution in [3.8, 4) is 0 Å². The number of piperidine rings is 2. The van der Waals surface area contributed by atoms with Crippen LogP contribution in [0, 0.1) is 0 Å². The quantitative estimate of drug-likeness (QED) is 0.0848. The number of nitrogens with one attached hydrogen (secondary N) is 4. The third-order valence-electron chi connectivity index (χ3n) is 10.7. The van der Waals surface area contributed by atoms with Crippen molar-refractivity contribution in [2.45, 2.75) is 63.1 Å². The third-order valence-corrected chi connectivity index (χ3v) is 12.0. The number of halogens is 2. The fraction of sp³-hybridized carbons (Fsp3) is 0.341. The molecule has 0 spiro atoms. The second kappa shape index (κ2) is 17.5. The molecule has 2 aromatic carbocycles. The van der Waals surface area contributed by atoms with Gasteiger partial charge in [-0.15, -0.1) is 0 Å². The van der Waals surface area contributed by atoms with Gasteiger partial charge in [0.15, 0.2) is 0 Å². The third kappa shape index (κ3) is 9.50. The van der Waals surface area contributed by atoms with E-state index in [-0.39, 0.29) is 12.8 Å². The number of imidazole rings is 1. The number of H-pyrrole nitrogens is 3. The normalized spacial score (nSPS) is 16.0. The van der Waals surface area contributed by atoms with E-state index in [1.807, 2.05) is 53.6 Å². The zero-order valence-corrected chi connectivity index (χ0v) is 37.0. The molecule has 0 radical (unpaired) electrons. The van der Waals surface area contributed by atoms with Crippen molar-refractivity contribution in [2.24, 2.45) is 5.73 Å². The molecule has 11 N–H and O–H groups in total. The van der Waals surface area contributed by atoms with Crippen LogP contribution in [0.25, 0.3) is 33.1 Å². The standard InChI is InChI=1S/C18H18BrN7.C17H23N5O4.C6H7BrN2/c19-12-2-1-3-13-14(12)25-17(24-13)18(20)5-8-26(9-6-18)16-11-4-7-21-15(11)22-10-23-16;1-16(2,3)26-15(25)21-17(14(23)24)5-8-22(9-6-17)13-11-4-7-18-12(11)19-10-20-13;7-4-2-1-3-5(8)6(4)9/h1-4,7,10H,5-6,8-9,20H2,(H,24,25)(H,21,22,23);4,7,10H,5-6,8-9H2,1-3H3,(H,21,25)(H,23,24)(H,18,19,20);1-3H,8-9H2. The summed E-state index contributed by atoms with van der Waals surface area (Å²) in [6.07, 6.45) is 8.16. The highest BCUT2D eigenvalue weighted by Crippen LogP contribution is 2.35. The molecule has 9 rings (SSSR count). The van der Waals surface area contributed by atoms with Gasteiger partial charge in [0.1, 0.15) is 58.1 Å². The van der Waals surface area contributed by atoms with E-state index < -0.39 is 28.7 Å². The van der Waals surface area contributed by atoms with Crippen molar-refractivity contribution in [1.82, 2.24) is 45.2 Å². The molecule has 7 aromatic rings. The summed E-state index contributed by atoms with van der Waals surface area (Å²) in [6, 6.07) is 15.4. The number of carbonyl (C=O) groups excluding carboxylic acids is 1. The first kappa shape index (κ1) is 43.1. The number of ether oxygens (including phenoxy) is 1. The zero-order chi connectivity index (χ0) is 43.5. The Morgan fingerprint density at radius 2 is 1.34 bits per heavy atom. The van der Waals surface area contributed by atoms with Gasteiger partial charge in [-0.2, -0.15) is 0 Å². The van der Waals surface area contributed by atoms with Gasteiger partial charge in [-0.05, 0) is 115 Å². The number of aromatic nitrogens is 8. The summed E-state index contributed by atoms with van der Waals surface area (Å²) in [7, 11) is 0. The molecule has 7 heterocycles. The summed E-state index contributed by atoms with van der Waals surface area (Å²) in [5.74, 6) is 1.52. The molecule has 320 valence electrons. The minimum absolute atomic E-state index is 0.248. The smallest absolute Gasteiger partial charge is 0.408 e. The molecule has 18 nitrogen and oxygen atoms in total. The SMILES string of the molecule is CC(C)(C)OC(=O)NC1(C(=O)O)CCN(c2ncnc3[nH]ccc23)CC1.NC1(c2nc3c(Br)cccc3[nH]2)CCN(c2ncnc3[nH]ccc23)CC1.Nc1cccc(Br)c1N. The molecule has 0 bridgehead atoms. The van der Waals surface area contributed by atoms with Crippen LogP contribution in [0.2, 0.25) is 0 Å². The van der Waals surface area contributed by atoms with Crippen molar-refractivity contribution in [1.29, 1.82) is 0 Å². The highest BCUT2D eigenvalue weighted by molar-refractivity contribution is 9.11. The summed E-state index contributed by atoms with van der Waals surface area (Å²) >= 11 is 6.80. The number of hydrogen-bond donors (Lipinski definition) is 8. The molecule has 1 amide bonds. The van der Waals surface area contributed by atoms with E-state index in [1.165, 1.54) is 6.33 Å². The van der Waals surface area contributed by atoms with Gasteiger partial charge in [0.25, 0.3) is 0 Å². The number of benzene rings is 2. The monoisotopic (exact) mass is 958 g/mol. The number of aromatic amines is 3. The van der Waals surface area contributed by atoms with E-state index in [4.69, 9.17) is 26.9 Å². The molecular weight excluding hydrogens is 912 g/mol. The molecule has 0 atom stereocenters. The second-order valence-electron chi connectivity index (χ2n) is 16.0. The first-order chi connectivity index (χ1) is 29.1. The van der Waals surface area contributed by atoms with Crippen molar-refractivity contribution >= 4 is 100 Å². The average Bonchev–Trinajstić information content (AvgIpc) is 4.01. The van der Waals surface area contributed by atoms with Crippen molar-refractivity contribution in [3.05, 3.63) is 88.3 Å². The van der Waals surface area contributed by atoms with E-state index >= 15 is 0 Å². The topological polar surface area (TPSA) is 272 Å². The molecule has 61 heavy (non-hydrogen) atoms. The Balaban J connectivity index is 0.000000153. The molecule has 20 heteroatoms. The Bertz CT molecular complexity index is 2640. The largest absolute Gasteiger partial charge is 0.480 e. The van der Waals surface area contributed by atoms with Gasteiger partial charge in [-0.3, -0.25) is 0 Å². The number of fused-ring (bicyclic) bond motifs is 3. The summed E-state index contributed by atoms with van der Waals surface area (Å²) in [4.78, 5) is 59.9. The molecule has 5 aromatic heterocycles. The van der Waals surface area contributed by atoms with Gasteiger partial charge in [-0.1, -0.05) is 12.1 Å². The number of anilines is 4. The maximum Gasteiger partial charge on any atom is 0.408 e. The Labute approximate surface area is 367 Å². The van der Waals surface area contributed by atoms with E-state index in [1.54, 1.807) is 39.4 Å². The van der Waals surface area contributed by atoms with Crippen LogP contribution in [-0.4, -0.2) is 94.4 Å². The van der Waals surface area contributed by atoms with Crippen molar-refractivity contribution in [3.63, 3.8) is 0 Å². The lowest BCUT2D eigenvalue weighted by atomic mass is 9.87. The van der Waals surface area contributed by atoms with Crippen LogP contribution in [0.4, 0.5) is 27.8 Å². The van der Waals surface area contributed by atoms with Gasteiger partial charge in [-0.25, -0.2) is 34.5 Å². The molecule has 2 aliphatic heterocycles. The maximum absolute atomic E-state index is 12.1. The fourth-order valence-corrected chi connectivity index (χ4v) is 8.19. The van der Waals surface area contributed by atoms with Gasteiger partial charge in [0.05, 0.1) is 33.2 Å². The van der Waals surface area contributed by atoms with E-state index in [2.05, 4.69) is 77.0 Å². The number of rotatable bonds is 5. The number of aliphatic carboxylic acids is 1. The number of amides is 1. The number of nitrogens with two attached hydrogens (primary N) is 3. The molecule has 0 aliphatic carbocycles. The van der Waals surface area contributed by atoms with E-state index in [9.17, 15) is 14.7 Å². The van der Waals surface area contributed by atoms with Crippen molar-refractivity contribution < 1.29 is 19.4 Å². The average molecular weight is 961 g/mol. The molecule has 2 saturated heterocycles. The number of nitrogen functional groups attached to an aromatic ring is 2. The van der Waals surface area contributed by atoms with E-state index in [0.717, 1.165) is 85.4 Å². The Kier molecular flexibility index (Phi) is 12.4. The number of para-hydroxylation sites is 2.